The molecular weight excluding hydrogens is 250 g/mol. The number of aryl methyl sites for hydroxylation is 1. The van der Waals surface area contributed by atoms with Gasteiger partial charge in [0.15, 0.2) is 5.13 Å². The van der Waals surface area contributed by atoms with Crippen LogP contribution in [-0.4, -0.2) is 4.98 Å². The molecule has 0 amide bonds. The summed E-state index contributed by atoms with van der Waals surface area (Å²) in [5.74, 6) is 5.29. The fraction of sp³-hybridized carbons (Fsp3) is 0.125. The van der Waals surface area contributed by atoms with Crippen LogP contribution in [0.1, 0.15) is 5.56 Å². The minimum absolute atomic E-state index is 0.746. The number of hydrogen-bond donors (Lipinski definition) is 2. The molecule has 3 nitrogen and oxygen atoms in total. The Kier molecular flexibility index (Phi) is 2.23. The van der Waals surface area contributed by atoms with Crippen molar-refractivity contribution < 1.29 is 0 Å². The first kappa shape index (κ1) is 8.93. The molecule has 0 unspecified atom stereocenters. The van der Waals surface area contributed by atoms with Gasteiger partial charge in [-0.3, -0.25) is 5.43 Å². The number of nitrogens with one attached hydrogen (secondary N) is 1. The van der Waals surface area contributed by atoms with E-state index in [1.807, 2.05) is 6.07 Å². The molecule has 0 fully saturated rings. The van der Waals surface area contributed by atoms with Crippen molar-refractivity contribution in [2.75, 3.05) is 5.43 Å². The quantitative estimate of drug-likeness (QED) is 0.610. The average Bonchev–Trinajstić information content (AvgIpc) is 2.47. The van der Waals surface area contributed by atoms with Gasteiger partial charge in [-0.15, -0.1) is 0 Å². The first-order valence-electron chi connectivity index (χ1n) is 3.74. The van der Waals surface area contributed by atoms with E-state index in [-0.39, 0.29) is 0 Å². The average molecular weight is 258 g/mol. The summed E-state index contributed by atoms with van der Waals surface area (Å²) >= 11 is 4.99. The Morgan fingerprint density at radius 1 is 1.54 bits per heavy atom. The van der Waals surface area contributed by atoms with E-state index in [1.54, 1.807) is 11.3 Å². The van der Waals surface area contributed by atoms with Crippen LogP contribution in [0, 0.1) is 6.92 Å². The third kappa shape index (κ3) is 1.54. The van der Waals surface area contributed by atoms with Gasteiger partial charge in [0.05, 0.1) is 10.2 Å². The van der Waals surface area contributed by atoms with Crippen molar-refractivity contribution in [3.8, 4) is 0 Å². The first-order chi connectivity index (χ1) is 6.20. The van der Waals surface area contributed by atoms with Crippen LogP contribution in [0.3, 0.4) is 0 Å². The third-order valence-electron chi connectivity index (χ3n) is 1.76. The van der Waals surface area contributed by atoms with Crippen molar-refractivity contribution in [3.05, 3.63) is 22.2 Å². The van der Waals surface area contributed by atoms with Crippen LogP contribution in [0.4, 0.5) is 5.13 Å². The minimum atomic E-state index is 0.746. The Bertz CT molecular complexity index is 452. The molecule has 13 heavy (non-hydrogen) atoms. The summed E-state index contributed by atoms with van der Waals surface area (Å²) in [6.45, 7) is 2.06. The molecule has 1 aromatic carbocycles. The number of rotatable bonds is 1. The van der Waals surface area contributed by atoms with Gasteiger partial charge in [0.1, 0.15) is 0 Å². The fourth-order valence-electron chi connectivity index (χ4n) is 1.22. The van der Waals surface area contributed by atoms with Gasteiger partial charge in [-0.1, -0.05) is 27.3 Å². The van der Waals surface area contributed by atoms with Crippen LogP contribution in [0.5, 0.6) is 0 Å². The Morgan fingerprint density at radius 3 is 3.00 bits per heavy atom. The molecule has 0 aliphatic heterocycles. The van der Waals surface area contributed by atoms with Gasteiger partial charge in [0.25, 0.3) is 0 Å². The molecule has 0 aliphatic carbocycles. The van der Waals surface area contributed by atoms with Crippen LogP contribution in [0.25, 0.3) is 10.2 Å². The molecule has 0 saturated carbocycles. The van der Waals surface area contributed by atoms with E-state index in [4.69, 9.17) is 5.84 Å². The summed E-state index contributed by atoms with van der Waals surface area (Å²) in [4.78, 5) is 4.31. The van der Waals surface area contributed by atoms with E-state index in [2.05, 4.69) is 39.3 Å². The molecule has 0 aliphatic rings. The second kappa shape index (κ2) is 3.25. The monoisotopic (exact) mass is 257 g/mol. The number of nitrogens with zero attached hydrogens (tertiary/aromatic N) is 1. The Hall–Kier alpha value is -0.650. The highest BCUT2D eigenvalue weighted by Gasteiger charge is 2.05. The summed E-state index contributed by atoms with van der Waals surface area (Å²) in [5.41, 5.74) is 4.74. The first-order valence-corrected chi connectivity index (χ1v) is 5.35. The van der Waals surface area contributed by atoms with E-state index in [0.29, 0.717) is 0 Å². The third-order valence-corrected chi connectivity index (χ3v) is 3.36. The maximum Gasteiger partial charge on any atom is 0.198 e. The molecule has 1 heterocycles. The zero-order chi connectivity index (χ0) is 9.42. The number of nitrogens with two attached hydrogens (primary N) is 1. The molecule has 0 saturated heterocycles. The maximum atomic E-state index is 5.29. The lowest BCUT2D eigenvalue weighted by atomic mass is 10.2. The number of hydrogen-bond acceptors (Lipinski definition) is 4. The predicted molar refractivity (Wildman–Crippen MR) is 59.9 cm³/mol. The van der Waals surface area contributed by atoms with Gasteiger partial charge >= 0.3 is 0 Å². The molecule has 0 radical (unpaired) electrons. The fourth-order valence-corrected chi connectivity index (χ4v) is 2.60. The van der Waals surface area contributed by atoms with Crippen molar-refractivity contribution >= 4 is 42.6 Å². The van der Waals surface area contributed by atoms with Gasteiger partial charge in [0, 0.05) is 4.47 Å². The molecule has 1 aromatic heterocycles. The molecule has 2 aromatic rings. The number of nitrogen functional groups attached to an aromatic ring is 1. The number of thiazole rings is 1. The Labute approximate surface area is 88.1 Å². The number of hydrazine groups is 1. The van der Waals surface area contributed by atoms with Crippen LogP contribution >= 0.6 is 27.3 Å². The van der Waals surface area contributed by atoms with Crippen LogP contribution in [-0.2, 0) is 0 Å². The smallest absolute Gasteiger partial charge is 0.198 e. The standard InChI is InChI=1S/C8H8BrN3S/c1-4-2-5(9)3-6-7(4)13-8(11-6)12-10/h2-3H,10H2,1H3,(H,11,12). The molecule has 0 atom stereocenters. The zero-order valence-electron chi connectivity index (χ0n) is 6.97. The highest BCUT2D eigenvalue weighted by Crippen LogP contribution is 2.30. The second-order valence-electron chi connectivity index (χ2n) is 2.73. The predicted octanol–water partition coefficient (Wildman–Crippen LogP) is 2.65. The highest BCUT2D eigenvalue weighted by molar-refractivity contribution is 9.10. The lowest BCUT2D eigenvalue weighted by Crippen LogP contribution is -2.05. The molecule has 0 bridgehead atoms. The topological polar surface area (TPSA) is 50.9 Å². The second-order valence-corrected chi connectivity index (χ2v) is 4.65. The lowest BCUT2D eigenvalue weighted by molar-refractivity contribution is 1.31. The van der Waals surface area contributed by atoms with Crippen molar-refractivity contribution in [2.45, 2.75) is 6.92 Å². The van der Waals surface area contributed by atoms with Crippen molar-refractivity contribution in [2.24, 2.45) is 5.84 Å². The van der Waals surface area contributed by atoms with Crippen LogP contribution in [0.2, 0.25) is 0 Å². The van der Waals surface area contributed by atoms with Crippen LogP contribution < -0.4 is 11.3 Å². The Balaban J connectivity index is 2.75. The summed E-state index contributed by atoms with van der Waals surface area (Å²) in [5, 5.41) is 0.746. The highest BCUT2D eigenvalue weighted by atomic mass is 79.9. The number of fused-ring (bicyclic) bond motifs is 1. The van der Waals surface area contributed by atoms with E-state index in [0.717, 1.165) is 15.1 Å². The lowest BCUT2D eigenvalue weighted by Gasteiger charge is -1.94. The SMILES string of the molecule is Cc1cc(Br)cc2nc(NN)sc12. The molecular formula is C8H8BrN3S. The minimum Gasteiger partial charge on any atom is -0.300 e. The molecule has 2 rings (SSSR count). The van der Waals surface area contributed by atoms with Crippen LogP contribution in [0.15, 0.2) is 16.6 Å². The normalized spacial score (nSPS) is 10.7. The molecule has 0 spiro atoms. The molecule has 5 heteroatoms. The largest absolute Gasteiger partial charge is 0.300 e. The van der Waals surface area contributed by atoms with Crippen molar-refractivity contribution in [1.29, 1.82) is 0 Å². The van der Waals surface area contributed by atoms with E-state index in [1.165, 1.54) is 10.3 Å². The summed E-state index contributed by atoms with van der Waals surface area (Å²) in [7, 11) is 0. The van der Waals surface area contributed by atoms with E-state index < -0.39 is 0 Å². The van der Waals surface area contributed by atoms with Gasteiger partial charge in [0.2, 0.25) is 0 Å². The van der Waals surface area contributed by atoms with E-state index >= 15 is 0 Å². The summed E-state index contributed by atoms with van der Waals surface area (Å²) in [6.07, 6.45) is 0. The van der Waals surface area contributed by atoms with Gasteiger partial charge in [-0.25, -0.2) is 10.8 Å². The van der Waals surface area contributed by atoms with Gasteiger partial charge in [-0.2, -0.15) is 0 Å². The molecule has 68 valence electrons. The van der Waals surface area contributed by atoms with E-state index in [9.17, 15) is 0 Å². The summed E-state index contributed by atoms with van der Waals surface area (Å²) < 4.78 is 2.22. The Morgan fingerprint density at radius 2 is 2.31 bits per heavy atom. The maximum absolute atomic E-state index is 5.29. The van der Waals surface area contributed by atoms with Gasteiger partial charge < -0.3 is 0 Å². The number of halogens is 1. The van der Waals surface area contributed by atoms with Crippen molar-refractivity contribution in [3.63, 3.8) is 0 Å². The number of aromatic nitrogens is 1. The van der Waals surface area contributed by atoms with Crippen molar-refractivity contribution in [1.82, 2.24) is 4.98 Å². The molecule has 3 N–H and O–H groups in total. The zero-order valence-corrected chi connectivity index (χ0v) is 9.37. The van der Waals surface area contributed by atoms with Gasteiger partial charge in [-0.05, 0) is 24.6 Å². The summed E-state index contributed by atoms with van der Waals surface area (Å²) in [6, 6.07) is 4.06. The number of anilines is 1. The number of benzene rings is 1.